The van der Waals surface area contributed by atoms with Crippen LogP contribution in [-0.4, -0.2) is 52.2 Å². The fourth-order valence-electron chi connectivity index (χ4n) is 2.38. The normalized spacial score (nSPS) is 17.3. The van der Waals surface area contributed by atoms with Crippen LogP contribution in [0.25, 0.3) is 5.65 Å². The molecule has 2 aromatic heterocycles. The largest absolute Gasteiger partial charge is 0.314 e. The van der Waals surface area contributed by atoms with Crippen LogP contribution in [0.15, 0.2) is 24.4 Å². The molecule has 0 aromatic carbocycles. The Balaban J connectivity index is 1.53. The van der Waals surface area contributed by atoms with Crippen LogP contribution >= 0.6 is 0 Å². The van der Waals surface area contributed by atoms with Crippen molar-refractivity contribution in [3.8, 4) is 0 Å². The van der Waals surface area contributed by atoms with Gasteiger partial charge in [0.25, 0.3) is 0 Å². The van der Waals surface area contributed by atoms with Gasteiger partial charge in [-0.2, -0.15) is 5.10 Å². The number of fused-ring (bicyclic) bond motifs is 1. The third-order valence-electron chi connectivity index (χ3n) is 3.37. The zero-order valence-corrected chi connectivity index (χ0v) is 10.5. The third-order valence-corrected chi connectivity index (χ3v) is 3.37. The zero-order chi connectivity index (χ0) is 12.2. The fraction of sp³-hybridized carbons (Fsp3) is 0.538. The van der Waals surface area contributed by atoms with Crippen LogP contribution in [0.3, 0.4) is 0 Å². The van der Waals surface area contributed by atoms with E-state index in [0.717, 1.165) is 43.9 Å². The Morgan fingerprint density at radius 1 is 1.22 bits per heavy atom. The van der Waals surface area contributed by atoms with Gasteiger partial charge in [-0.1, -0.05) is 6.07 Å². The Bertz CT molecular complexity index is 468. The monoisotopic (exact) mass is 245 g/mol. The molecule has 18 heavy (non-hydrogen) atoms. The number of rotatable bonds is 4. The number of hydrogen-bond donors (Lipinski definition) is 1. The number of nitrogens with one attached hydrogen (secondary N) is 1. The lowest BCUT2D eigenvalue weighted by molar-refractivity contribution is 0.238. The molecule has 1 aliphatic rings. The van der Waals surface area contributed by atoms with E-state index in [1.165, 1.54) is 13.1 Å². The summed E-state index contributed by atoms with van der Waals surface area (Å²) in [6.45, 7) is 5.72. The quantitative estimate of drug-likeness (QED) is 0.855. The van der Waals surface area contributed by atoms with Gasteiger partial charge in [0.1, 0.15) is 0 Å². The SMILES string of the molecule is c1ccn2nc(CCCN3CCNCC3)nc2c1. The van der Waals surface area contributed by atoms with E-state index in [-0.39, 0.29) is 0 Å². The molecule has 0 spiro atoms. The lowest BCUT2D eigenvalue weighted by Gasteiger charge is -2.26. The van der Waals surface area contributed by atoms with Gasteiger partial charge < -0.3 is 10.2 Å². The lowest BCUT2D eigenvalue weighted by atomic mass is 10.2. The minimum atomic E-state index is 0.940. The summed E-state index contributed by atoms with van der Waals surface area (Å²) in [5.74, 6) is 0.955. The highest BCUT2D eigenvalue weighted by Gasteiger charge is 2.09. The van der Waals surface area contributed by atoms with Crippen LogP contribution < -0.4 is 5.32 Å². The topological polar surface area (TPSA) is 45.5 Å². The Labute approximate surface area is 107 Å². The number of aromatic nitrogens is 3. The molecule has 0 unspecified atom stereocenters. The predicted octanol–water partition coefficient (Wildman–Crippen LogP) is 0.567. The second kappa shape index (κ2) is 5.46. The van der Waals surface area contributed by atoms with Gasteiger partial charge >= 0.3 is 0 Å². The first-order valence-electron chi connectivity index (χ1n) is 6.65. The lowest BCUT2D eigenvalue weighted by Crippen LogP contribution is -2.43. The summed E-state index contributed by atoms with van der Waals surface area (Å²) >= 11 is 0. The standard InChI is InChI=1S/C13H19N5/c1-2-9-18-13(5-1)15-12(16-18)4-3-8-17-10-6-14-7-11-17/h1-2,5,9,14H,3-4,6-8,10-11H2. The summed E-state index contributed by atoms with van der Waals surface area (Å²) in [4.78, 5) is 7.02. The summed E-state index contributed by atoms with van der Waals surface area (Å²) in [7, 11) is 0. The van der Waals surface area contributed by atoms with Gasteiger partial charge in [-0.25, -0.2) is 9.50 Å². The molecule has 1 aliphatic heterocycles. The van der Waals surface area contributed by atoms with Gasteiger partial charge in [-0.15, -0.1) is 0 Å². The molecule has 5 nitrogen and oxygen atoms in total. The molecule has 0 saturated carbocycles. The third kappa shape index (κ3) is 2.68. The van der Waals surface area contributed by atoms with Crippen molar-refractivity contribution in [2.45, 2.75) is 12.8 Å². The van der Waals surface area contributed by atoms with E-state index in [4.69, 9.17) is 0 Å². The van der Waals surface area contributed by atoms with Gasteiger partial charge in [0.05, 0.1) is 0 Å². The molecular formula is C13H19N5. The average Bonchev–Trinajstić information content (AvgIpc) is 2.82. The smallest absolute Gasteiger partial charge is 0.155 e. The highest BCUT2D eigenvalue weighted by Crippen LogP contribution is 2.04. The molecule has 0 atom stereocenters. The van der Waals surface area contributed by atoms with E-state index in [1.54, 1.807) is 0 Å². The Morgan fingerprint density at radius 3 is 2.94 bits per heavy atom. The Morgan fingerprint density at radius 2 is 2.11 bits per heavy atom. The van der Waals surface area contributed by atoms with Crippen LogP contribution in [0, 0.1) is 0 Å². The summed E-state index contributed by atoms with van der Waals surface area (Å²) in [5.41, 5.74) is 0.940. The molecule has 96 valence electrons. The molecule has 1 N–H and O–H groups in total. The molecule has 1 fully saturated rings. The van der Waals surface area contributed by atoms with Crippen LogP contribution in [0.1, 0.15) is 12.2 Å². The van der Waals surface area contributed by atoms with Gasteiger partial charge in [0.15, 0.2) is 11.5 Å². The average molecular weight is 245 g/mol. The first-order valence-corrected chi connectivity index (χ1v) is 6.65. The van der Waals surface area contributed by atoms with Crippen molar-refractivity contribution in [3.05, 3.63) is 30.2 Å². The molecule has 5 heteroatoms. The fourth-order valence-corrected chi connectivity index (χ4v) is 2.38. The molecule has 1 saturated heterocycles. The van der Waals surface area contributed by atoms with Crippen molar-refractivity contribution in [2.24, 2.45) is 0 Å². The minimum Gasteiger partial charge on any atom is -0.314 e. The van der Waals surface area contributed by atoms with E-state index in [1.807, 2.05) is 28.9 Å². The highest BCUT2D eigenvalue weighted by atomic mass is 15.3. The Kier molecular flexibility index (Phi) is 3.52. The van der Waals surface area contributed by atoms with Gasteiger partial charge in [-0.3, -0.25) is 0 Å². The van der Waals surface area contributed by atoms with Crippen molar-refractivity contribution in [1.29, 1.82) is 0 Å². The molecule has 0 bridgehead atoms. The summed E-state index contributed by atoms with van der Waals surface area (Å²) in [6, 6.07) is 5.97. The molecule has 0 radical (unpaired) electrons. The highest BCUT2D eigenvalue weighted by molar-refractivity contribution is 5.36. The number of piperazine rings is 1. The first kappa shape index (κ1) is 11.6. The molecule has 3 rings (SSSR count). The first-order chi connectivity index (χ1) is 8.92. The predicted molar refractivity (Wildman–Crippen MR) is 70.6 cm³/mol. The van der Waals surface area contributed by atoms with Gasteiger partial charge in [-0.05, 0) is 25.1 Å². The summed E-state index contributed by atoms with van der Waals surface area (Å²) in [5, 5.41) is 7.84. The van der Waals surface area contributed by atoms with Crippen molar-refractivity contribution >= 4 is 5.65 Å². The molecular weight excluding hydrogens is 226 g/mol. The molecule has 3 heterocycles. The maximum absolute atomic E-state index is 4.52. The summed E-state index contributed by atoms with van der Waals surface area (Å²) < 4.78 is 1.85. The van der Waals surface area contributed by atoms with E-state index in [2.05, 4.69) is 20.3 Å². The van der Waals surface area contributed by atoms with Crippen molar-refractivity contribution in [2.75, 3.05) is 32.7 Å². The number of hydrogen-bond acceptors (Lipinski definition) is 4. The van der Waals surface area contributed by atoms with Crippen molar-refractivity contribution in [3.63, 3.8) is 0 Å². The van der Waals surface area contributed by atoms with Crippen LogP contribution in [-0.2, 0) is 6.42 Å². The van der Waals surface area contributed by atoms with Crippen LogP contribution in [0.4, 0.5) is 0 Å². The van der Waals surface area contributed by atoms with Crippen LogP contribution in [0.5, 0.6) is 0 Å². The van der Waals surface area contributed by atoms with Crippen molar-refractivity contribution < 1.29 is 0 Å². The van der Waals surface area contributed by atoms with E-state index in [0.29, 0.717) is 0 Å². The van der Waals surface area contributed by atoms with E-state index >= 15 is 0 Å². The molecule has 0 amide bonds. The van der Waals surface area contributed by atoms with Crippen molar-refractivity contribution in [1.82, 2.24) is 24.8 Å². The number of nitrogens with zero attached hydrogens (tertiary/aromatic N) is 4. The molecule has 2 aromatic rings. The number of pyridine rings is 1. The number of aryl methyl sites for hydroxylation is 1. The van der Waals surface area contributed by atoms with Gasteiger partial charge in [0, 0.05) is 38.8 Å². The second-order valence-corrected chi connectivity index (χ2v) is 4.73. The summed E-state index contributed by atoms with van der Waals surface area (Å²) in [6.07, 6.45) is 4.05. The van der Waals surface area contributed by atoms with E-state index < -0.39 is 0 Å². The minimum absolute atomic E-state index is 0.940. The molecule has 0 aliphatic carbocycles. The maximum Gasteiger partial charge on any atom is 0.155 e. The maximum atomic E-state index is 4.52. The van der Waals surface area contributed by atoms with Gasteiger partial charge in [0.2, 0.25) is 0 Å². The zero-order valence-electron chi connectivity index (χ0n) is 10.5. The second-order valence-electron chi connectivity index (χ2n) is 4.73. The van der Waals surface area contributed by atoms with Crippen LogP contribution in [0.2, 0.25) is 0 Å². The van der Waals surface area contributed by atoms with E-state index in [9.17, 15) is 0 Å². The Hall–Kier alpha value is -1.46.